The van der Waals surface area contributed by atoms with Crippen LogP contribution >= 0.6 is 24.8 Å². The molecule has 0 unspecified atom stereocenters. The average Bonchev–Trinajstić information content (AvgIpc) is 3.23. The molecular formula is C23H30Cl2N2O2. The van der Waals surface area contributed by atoms with E-state index in [9.17, 15) is 0 Å². The first kappa shape index (κ1) is 22.1. The van der Waals surface area contributed by atoms with Crippen LogP contribution in [0.1, 0.15) is 37.7 Å². The average molecular weight is 437 g/mol. The number of nitrogens with zero attached hydrogens (tertiary/aromatic N) is 2. The second-order valence-corrected chi connectivity index (χ2v) is 7.97. The van der Waals surface area contributed by atoms with E-state index >= 15 is 0 Å². The van der Waals surface area contributed by atoms with Crippen molar-refractivity contribution in [3.8, 4) is 11.5 Å². The number of piperazine rings is 1. The molecule has 0 radical (unpaired) electrons. The first-order valence-corrected chi connectivity index (χ1v) is 10.3. The summed E-state index contributed by atoms with van der Waals surface area (Å²) in [6.07, 6.45) is 6.48. The van der Waals surface area contributed by atoms with Crippen LogP contribution in [0.5, 0.6) is 11.5 Å². The molecule has 1 saturated heterocycles. The summed E-state index contributed by atoms with van der Waals surface area (Å²) >= 11 is 0. The molecule has 0 bridgehead atoms. The van der Waals surface area contributed by atoms with E-state index in [1.165, 1.54) is 43.4 Å². The van der Waals surface area contributed by atoms with Crippen LogP contribution in [-0.2, 0) is 5.54 Å². The van der Waals surface area contributed by atoms with Gasteiger partial charge in [0.15, 0.2) is 11.5 Å². The highest BCUT2D eigenvalue weighted by Gasteiger charge is 2.41. The molecule has 5 rings (SSSR count). The van der Waals surface area contributed by atoms with E-state index in [2.05, 4.69) is 58.3 Å². The topological polar surface area (TPSA) is 24.9 Å². The molecule has 0 aromatic heterocycles. The number of halogens is 2. The molecule has 1 saturated carbocycles. The van der Waals surface area contributed by atoms with Gasteiger partial charge in [0.2, 0.25) is 6.79 Å². The molecule has 2 heterocycles. The van der Waals surface area contributed by atoms with Crippen LogP contribution in [-0.4, -0.2) is 37.9 Å². The lowest BCUT2D eigenvalue weighted by atomic mass is 9.74. The van der Waals surface area contributed by atoms with Crippen molar-refractivity contribution in [3.05, 3.63) is 54.1 Å². The van der Waals surface area contributed by atoms with Crippen LogP contribution in [0.2, 0.25) is 0 Å². The fourth-order valence-corrected chi connectivity index (χ4v) is 5.14. The van der Waals surface area contributed by atoms with E-state index < -0.39 is 0 Å². The SMILES string of the molecule is Cl.Cl.c1ccc(N2CCN(C3(c4ccc5c(c4)OCO5)CCCCC3)CC2)cc1. The Kier molecular flexibility index (Phi) is 7.20. The lowest BCUT2D eigenvalue weighted by Crippen LogP contribution is -2.56. The first-order chi connectivity index (χ1) is 13.4. The molecule has 158 valence electrons. The lowest BCUT2D eigenvalue weighted by molar-refractivity contribution is 0.0415. The first-order valence-electron chi connectivity index (χ1n) is 10.3. The van der Waals surface area contributed by atoms with Gasteiger partial charge in [-0.3, -0.25) is 4.90 Å². The van der Waals surface area contributed by atoms with Crippen LogP contribution < -0.4 is 14.4 Å². The molecule has 3 aliphatic rings. The predicted octanol–water partition coefficient (Wildman–Crippen LogP) is 5.24. The van der Waals surface area contributed by atoms with Gasteiger partial charge in [0, 0.05) is 37.4 Å². The number of ether oxygens (including phenoxy) is 2. The molecule has 2 aromatic rings. The van der Waals surface area contributed by atoms with Crippen LogP contribution in [0.25, 0.3) is 0 Å². The minimum absolute atomic E-state index is 0. The van der Waals surface area contributed by atoms with Gasteiger partial charge in [-0.1, -0.05) is 43.5 Å². The second kappa shape index (κ2) is 9.46. The maximum absolute atomic E-state index is 5.69. The summed E-state index contributed by atoms with van der Waals surface area (Å²) in [5.41, 5.74) is 2.92. The molecule has 0 atom stereocenters. The Morgan fingerprint density at radius 3 is 2.14 bits per heavy atom. The van der Waals surface area contributed by atoms with E-state index in [1.807, 2.05) is 0 Å². The zero-order valence-corrected chi connectivity index (χ0v) is 18.4. The molecule has 4 nitrogen and oxygen atoms in total. The van der Waals surface area contributed by atoms with Crippen molar-refractivity contribution >= 4 is 30.5 Å². The van der Waals surface area contributed by atoms with Gasteiger partial charge in [-0.2, -0.15) is 0 Å². The Balaban J connectivity index is 0.00000120. The van der Waals surface area contributed by atoms with E-state index in [1.54, 1.807) is 0 Å². The van der Waals surface area contributed by atoms with Crippen molar-refractivity contribution in [2.75, 3.05) is 37.9 Å². The largest absolute Gasteiger partial charge is 0.454 e. The van der Waals surface area contributed by atoms with Crippen LogP contribution in [0.15, 0.2) is 48.5 Å². The molecule has 2 aliphatic heterocycles. The van der Waals surface area contributed by atoms with Crippen molar-refractivity contribution in [3.63, 3.8) is 0 Å². The van der Waals surface area contributed by atoms with Gasteiger partial charge in [0.25, 0.3) is 0 Å². The van der Waals surface area contributed by atoms with Crippen molar-refractivity contribution in [2.45, 2.75) is 37.6 Å². The van der Waals surface area contributed by atoms with E-state index in [4.69, 9.17) is 9.47 Å². The van der Waals surface area contributed by atoms with Crippen molar-refractivity contribution in [1.82, 2.24) is 4.90 Å². The smallest absolute Gasteiger partial charge is 0.231 e. The number of rotatable bonds is 3. The number of hydrogen-bond acceptors (Lipinski definition) is 4. The zero-order valence-electron chi connectivity index (χ0n) is 16.7. The van der Waals surface area contributed by atoms with Crippen LogP contribution in [0, 0.1) is 0 Å². The quantitative estimate of drug-likeness (QED) is 0.656. The summed E-state index contributed by atoms with van der Waals surface area (Å²) in [7, 11) is 0. The molecule has 2 fully saturated rings. The van der Waals surface area contributed by atoms with Crippen LogP contribution in [0.4, 0.5) is 5.69 Å². The number of fused-ring (bicyclic) bond motifs is 1. The van der Waals surface area contributed by atoms with Gasteiger partial charge in [0.1, 0.15) is 0 Å². The number of para-hydroxylation sites is 1. The second-order valence-electron chi connectivity index (χ2n) is 7.97. The van der Waals surface area contributed by atoms with Crippen molar-refractivity contribution < 1.29 is 9.47 Å². The fraction of sp³-hybridized carbons (Fsp3) is 0.478. The van der Waals surface area contributed by atoms with Crippen LogP contribution in [0.3, 0.4) is 0 Å². The Hall–Kier alpha value is -1.62. The highest BCUT2D eigenvalue weighted by atomic mass is 35.5. The molecule has 29 heavy (non-hydrogen) atoms. The van der Waals surface area contributed by atoms with Gasteiger partial charge >= 0.3 is 0 Å². The normalized spacial score (nSPS) is 20.5. The maximum Gasteiger partial charge on any atom is 0.231 e. The summed E-state index contributed by atoms with van der Waals surface area (Å²) in [6.45, 7) is 4.76. The lowest BCUT2D eigenvalue weighted by Gasteiger charge is -2.50. The summed E-state index contributed by atoms with van der Waals surface area (Å²) in [4.78, 5) is 5.27. The minimum atomic E-state index is 0. The Labute approximate surface area is 186 Å². The molecule has 6 heteroatoms. The van der Waals surface area contributed by atoms with E-state index in [-0.39, 0.29) is 30.4 Å². The standard InChI is InChI=1S/C23H28N2O2.2ClH/c1-3-7-20(8-4-1)24-13-15-25(16-14-24)23(11-5-2-6-12-23)19-9-10-21-22(17-19)27-18-26-21;;/h1,3-4,7-10,17H,2,5-6,11-16,18H2;2*1H. The van der Waals surface area contributed by atoms with Crippen molar-refractivity contribution in [1.29, 1.82) is 0 Å². The highest BCUT2D eigenvalue weighted by molar-refractivity contribution is 5.85. The van der Waals surface area contributed by atoms with E-state index in [0.717, 1.165) is 37.7 Å². The third-order valence-electron chi connectivity index (χ3n) is 6.60. The Morgan fingerprint density at radius 1 is 0.724 bits per heavy atom. The van der Waals surface area contributed by atoms with E-state index in [0.29, 0.717) is 6.79 Å². The Morgan fingerprint density at radius 2 is 1.41 bits per heavy atom. The third-order valence-corrected chi connectivity index (χ3v) is 6.60. The molecule has 0 spiro atoms. The van der Waals surface area contributed by atoms with Gasteiger partial charge in [-0.05, 0) is 42.7 Å². The summed E-state index contributed by atoms with van der Waals surface area (Å²) in [5.74, 6) is 1.80. The van der Waals surface area contributed by atoms with Gasteiger partial charge in [-0.15, -0.1) is 24.8 Å². The fourth-order valence-electron chi connectivity index (χ4n) is 5.14. The zero-order chi connectivity index (χ0) is 18.1. The summed E-state index contributed by atoms with van der Waals surface area (Å²) < 4.78 is 11.2. The van der Waals surface area contributed by atoms with Gasteiger partial charge in [-0.25, -0.2) is 0 Å². The number of benzene rings is 2. The van der Waals surface area contributed by atoms with Gasteiger partial charge < -0.3 is 14.4 Å². The molecule has 2 aromatic carbocycles. The monoisotopic (exact) mass is 436 g/mol. The molecular weight excluding hydrogens is 407 g/mol. The number of anilines is 1. The third kappa shape index (κ3) is 4.16. The van der Waals surface area contributed by atoms with Gasteiger partial charge in [0.05, 0.1) is 0 Å². The minimum Gasteiger partial charge on any atom is -0.454 e. The molecule has 1 aliphatic carbocycles. The molecule has 0 N–H and O–H groups in total. The maximum atomic E-state index is 5.69. The number of hydrogen-bond donors (Lipinski definition) is 0. The molecule has 0 amide bonds. The summed E-state index contributed by atoms with van der Waals surface area (Å²) in [6, 6.07) is 17.5. The van der Waals surface area contributed by atoms with Crippen molar-refractivity contribution in [2.24, 2.45) is 0 Å². The highest BCUT2D eigenvalue weighted by Crippen LogP contribution is 2.46. The summed E-state index contributed by atoms with van der Waals surface area (Å²) in [5, 5.41) is 0. The Bertz CT molecular complexity index is 789. The predicted molar refractivity (Wildman–Crippen MR) is 122 cm³/mol.